The fourth-order valence-corrected chi connectivity index (χ4v) is 2.01. The fourth-order valence-electron chi connectivity index (χ4n) is 1.68. The first-order chi connectivity index (χ1) is 9.65. The average Bonchev–Trinajstić information content (AvgIpc) is 2.47. The lowest BCUT2D eigenvalue weighted by atomic mass is 10.1. The van der Waals surface area contributed by atoms with Crippen molar-refractivity contribution in [2.24, 2.45) is 0 Å². The molecule has 0 aliphatic rings. The Morgan fingerprint density at radius 2 is 2.10 bits per heavy atom. The highest BCUT2D eigenvalue weighted by Gasteiger charge is 2.11. The molecule has 2 aromatic rings. The quantitative estimate of drug-likeness (QED) is 0.669. The van der Waals surface area contributed by atoms with Crippen molar-refractivity contribution >= 4 is 38.9 Å². The Morgan fingerprint density at radius 1 is 1.35 bits per heavy atom. The van der Waals surface area contributed by atoms with E-state index in [1.165, 1.54) is 6.20 Å². The number of anilines is 2. The lowest BCUT2D eigenvalue weighted by Crippen LogP contribution is -2.19. The largest absolute Gasteiger partial charge is 0.364 e. The molecule has 1 aromatic heterocycles. The van der Waals surface area contributed by atoms with Gasteiger partial charge in [-0.05, 0) is 34.1 Å². The number of nitrogens with zero attached hydrogens (tertiary/aromatic N) is 2. The van der Waals surface area contributed by atoms with Gasteiger partial charge in [0.25, 0.3) is 5.91 Å². The van der Waals surface area contributed by atoms with Crippen molar-refractivity contribution in [2.45, 2.75) is 0 Å². The zero-order chi connectivity index (χ0) is 14.5. The highest BCUT2D eigenvalue weighted by molar-refractivity contribution is 9.10. The highest BCUT2D eigenvalue weighted by atomic mass is 79.9. The Hall–Kier alpha value is -2.39. The van der Waals surface area contributed by atoms with E-state index in [1.54, 1.807) is 31.3 Å². The van der Waals surface area contributed by atoms with E-state index in [1.807, 2.05) is 6.07 Å². The number of halogens is 1. The molecule has 0 radical (unpaired) electrons. The summed E-state index contributed by atoms with van der Waals surface area (Å²) in [7, 11) is 1.58. The van der Waals surface area contributed by atoms with E-state index in [2.05, 4.69) is 36.4 Å². The molecule has 1 amide bonds. The minimum atomic E-state index is -0.189. The summed E-state index contributed by atoms with van der Waals surface area (Å²) in [4.78, 5) is 19.2. The summed E-state index contributed by atoms with van der Waals surface area (Å²) in [5.74, 6) is -0.189. The van der Waals surface area contributed by atoms with Gasteiger partial charge in [-0.2, -0.15) is 0 Å². The summed E-state index contributed by atoms with van der Waals surface area (Å²) in [5, 5.41) is 5.69. The molecule has 0 bridgehead atoms. The Labute approximate surface area is 125 Å². The first kappa shape index (κ1) is 14.0. The van der Waals surface area contributed by atoms with Crippen molar-refractivity contribution < 1.29 is 4.79 Å². The van der Waals surface area contributed by atoms with Gasteiger partial charge in [0.05, 0.1) is 17.8 Å². The van der Waals surface area contributed by atoms with Crippen LogP contribution in [0.2, 0.25) is 0 Å². The smallest absolute Gasteiger partial charge is 0.253 e. The second kappa shape index (κ2) is 6.17. The molecule has 2 N–H and O–H groups in total. The van der Waals surface area contributed by atoms with Crippen molar-refractivity contribution in [1.82, 2.24) is 10.3 Å². The normalized spacial score (nSPS) is 9.65. The second-order valence-corrected chi connectivity index (χ2v) is 4.70. The van der Waals surface area contributed by atoms with E-state index in [-0.39, 0.29) is 5.91 Å². The molecule has 0 fully saturated rings. The van der Waals surface area contributed by atoms with Gasteiger partial charge in [0.1, 0.15) is 4.60 Å². The topological polar surface area (TPSA) is 58.4 Å². The molecule has 20 heavy (non-hydrogen) atoms. The van der Waals surface area contributed by atoms with Gasteiger partial charge in [0.2, 0.25) is 5.69 Å². The molecule has 5 nitrogen and oxygen atoms in total. The number of carbonyl (C=O) groups excluding carboxylic acids is 1. The molecule has 6 heteroatoms. The van der Waals surface area contributed by atoms with Crippen LogP contribution in [0.3, 0.4) is 0 Å². The summed E-state index contributed by atoms with van der Waals surface area (Å²) in [6.45, 7) is 7.15. The second-order valence-electron chi connectivity index (χ2n) is 3.89. The molecule has 0 unspecified atom stereocenters. The maximum atomic E-state index is 11.8. The van der Waals surface area contributed by atoms with Crippen LogP contribution in [0.15, 0.2) is 41.1 Å². The van der Waals surface area contributed by atoms with Crippen LogP contribution in [-0.2, 0) is 0 Å². The molecule has 2 rings (SSSR count). The third-order valence-electron chi connectivity index (χ3n) is 2.64. The van der Waals surface area contributed by atoms with Crippen molar-refractivity contribution in [2.75, 3.05) is 12.4 Å². The molecule has 1 aromatic carbocycles. The molecule has 0 saturated heterocycles. The van der Waals surface area contributed by atoms with Crippen LogP contribution in [-0.4, -0.2) is 17.9 Å². The van der Waals surface area contributed by atoms with Gasteiger partial charge >= 0.3 is 0 Å². The van der Waals surface area contributed by atoms with Gasteiger partial charge in [-0.25, -0.2) is 4.85 Å². The van der Waals surface area contributed by atoms with Gasteiger partial charge in [0.15, 0.2) is 0 Å². The van der Waals surface area contributed by atoms with E-state index in [0.717, 1.165) is 0 Å². The van der Waals surface area contributed by atoms with Crippen molar-refractivity contribution in [3.05, 3.63) is 58.1 Å². The molecule has 100 valence electrons. The minimum absolute atomic E-state index is 0.189. The SMILES string of the molecule is [C-]#[N+]c1cnc(Br)cc1Nc1ccccc1C(=O)NC. The number of hydrogen-bond donors (Lipinski definition) is 2. The van der Waals surface area contributed by atoms with Gasteiger partial charge in [-0.1, -0.05) is 12.1 Å². The van der Waals surface area contributed by atoms with Crippen molar-refractivity contribution in [3.63, 3.8) is 0 Å². The maximum Gasteiger partial charge on any atom is 0.253 e. The lowest BCUT2D eigenvalue weighted by Gasteiger charge is -2.12. The van der Waals surface area contributed by atoms with Gasteiger partial charge < -0.3 is 10.6 Å². The molecule has 1 heterocycles. The van der Waals surface area contributed by atoms with Crippen LogP contribution in [0.1, 0.15) is 10.4 Å². The zero-order valence-corrected chi connectivity index (χ0v) is 12.2. The molecule has 0 atom stereocenters. The Kier molecular flexibility index (Phi) is 4.33. The number of rotatable bonds is 3. The predicted molar refractivity (Wildman–Crippen MR) is 81.3 cm³/mol. The first-order valence-corrected chi connectivity index (χ1v) is 6.56. The third-order valence-corrected chi connectivity index (χ3v) is 3.07. The highest BCUT2D eigenvalue weighted by Crippen LogP contribution is 2.30. The number of benzene rings is 1. The summed E-state index contributed by atoms with van der Waals surface area (Å²) in [6, 6.07) is 8.81. The summed E-state index contributed by atoms with van der Waals surface area (Å²) < 4.78 is 0.616. The standard InChI is InChI=1S/C14H11BrN4O/c1-16-12-8-18-13(15)7-11(12)19-10-6-4-3-5-9(10)14(20)17-2/h3-8H,2H3,(H,17,20)(H,18,19). The predicted octanol–water partition coefficient (Wildman–Crippen LogP) is 3.50. The monoisotopic (exact) mass is 330 g/mol. The van der Waals surface area contributed by atoms with Crippen molar-refractivity contribution in [3.8, 4) is 0 Å². The number of para-hydroxylation sites is 1. The van der Waals surface area contributed by atoms with Crippen LogP contribution in [0.4, 0.5) is 17.1 Å². The maximum absolute atomic E-state index is 11.8. The summed E-state index contributed by atoms with van der Waals surface area (Å²) >= 11 is 3.27. The number of amides is 1. The molecule has 0 aliphatic heterocycles. The van der Waals surface area contributed by atoms with E-state index < -0.39 is 0 Å². The Bertz CT molecular complexity index is 694. The third kappa shape index (κ3) is 2.95. The van der Waals surface area contributed by atoms with Crippen LogP contribution >= 0.6 is 15.9 Å². The minimum Gasteiger partial charge on any atom is -0.364 e. The van der Waals surface area contributed by atoms with Gasteiger partial charge in [-0.15, -0.1) is 0 Å². The van der Waals surface area contributed by atoms with Crippen LogP contribution < -0.4 is 10.6 Å². The first-order valence-electron chi connectivity index (χ1n) is 5.77. The van der Waals surface area contributed by atoms with Crippen LogP contribution in [0.5, 0.6) is 0 Å². The Balaban J connectivity index is 2.43. The number of hydrogen-bond acceptors (Lipinski definition) is 3. The molecule has 0 aliphatic carbocycles. The van der Waals surface area contributed by atoms with E-state index in [0.29, 0.717) is 27.2 Å². The Morgan fingerprint density at radius 3 is 2.80 bits per heavy atom. The number of pyridine rings is 1. The van der Waals surface area contributed by atoms with Crippen LogP contribution in [0.25, 0.3) is 4.85 Å². The summed E-state index contributed by atoms with van der Waals surface area (Å²) in [5.41, 5.74) is 2.13. The van der Waals surface area contributed by atoms with Crippen molar-refractivity contribution in [1.29, 1.82) is 0 Å². The average molecular weight is 331 g/mol. The molecular formula is C14H11BrN4O. The summed E-state index contributed by atoms with van der Waals surface area (Å²) in [6.07, 6.45) is 1.47. The van der Waals surface area contributed by atoms with Gasteiger partial charge in [-0.3, -0.25) is 9.78 Å². The lowest BCUT2D eigenvalue weighted by molar-refractivity contribution is 0.0964. The fraction of sp³-hybridized carbons (Fsp3) is 0.0714. The molecule has 0 spiro atoms. The van der Waals surface area contributed by atoms with E-state index >= 15 is 0 Å². The van der Waals surface area contributed by atoms with E-state index in [4.69, 9.17) is 6.57 Å². The number of carbonyl (C=O) groups is 1. The molecular weight excluding hydrogens is 320 g/mol. The number of aromatic nitrogens is 1. The molecule has 0 saturated carbocycles. The van der Waals surface area contributed by atoms with Crippen LogP contribution in [0, 0.1) is 6.57 Å². The number of nitrogens with one attached hydrogen (secondary N) is 2. The zero-order valence-electron chi connectivity index (χ0n) is 10.6. The van der Waals surface area contributed by atoms with Gasteiger partial charge in [0, 0.05) is 18.9 Å². The van der Waals surface area contributed by atoms with E-state index in [9.17, 15) is 4.79 Å².